The highest BCUT2D eigenvalue weighted by Crippen LogP contribution is 2.35. The van der Waals surface area contributed by atoms with E-state index in [9.17, 15) is 31.5 Å². The number of carbonyl (C=O) groups is 2. The van der Waals surface area contributed by atoms with Crippen LogP contribution in [0, 0.1) is 0 Å². The minimum atomic E-state index is -6.00. The van der Waals surface area contributed by atoms with Gasteiger partial charge in [0.2, 0.25) is 0 Å². The van der Waals surface area contributed by atoms with Gasteiger partial charge in [-0.05, 0) is 0 Å². The maximum atomic E-state index is 11.6. The zero-order chi connectivity index (χ0) is 9.28. The molecule has 0 saturated heterocycles. The lowest BCUT2D eigenvalue weighted by molar-refractivity contribution is -0.266. The molecule has 0 aliphatic carbocycles. The van der Waals surface area contributed by atoms with Crippen molar-refractivity contribution in [2.24, 2.45) is 0 Å². The maximum Gasteiger partial charge on any atom is 0.461 e. The van der Waals surface area contributed by atoms with Crippen molar-refractivity contribution in [2.75, 3.05) is 0 Å². The molecule has 0 aliphatic heterocycles. The van der Waals surface area contributed by atoms with Gasteiger partial charge in [-0.3, -0.25) is 9.59 Å². The summed E-state index contributed by atoms with van der Waals surface area (Å²) in [6.45, 7) is 0. The third-order valence-electron chi connectivity index (χ3n) is 0.773. The van der Waals surface area contributed by atoms with Crippen molar-refractivity contribution in [1.82, 2.24) is 0 Å². The molecule has 0 spiro atoms. The summed E-state index contributed by atoms with van der Waals surface area (Å²) in [7, 11) is 0. The lowest BCUT2D eigenvalue weighted by Crippen LogP contribution is -2.44. The fourth-order valence-electron chi connectivity index (χ4n) is 0.214. The standard InChI is InChI=1S/C4HF5O2/c5-3(6,2(11)1-10)4(7,8)9/h1H. The van der Waals surface area contributed by atoms with Crippen molar-refractivity contribution in [3.05, 3.63) is 0 Å². The average molecular weight is 176 g/mol. The Morgan fingerprint density at radius 2 is 1.45 bits per heavy atom. The maximum absolute atomic E-state index is 11.6. The van der Waals surface area contributed by atoms with Crippen molar-refractivity contribution in [3.63, 3.8) is 0 Å². The van der Waals surface area contributed by atoms with E-state index in [0.717, 1.165) is 0 Å². The number of hydrogen-bond donors (Lipinski definition) is 0. The van der Waals surface area contributed by atoms with Gasteiger partial charge in [-0.15, -0.1) is 0 Å². The summed E-state index contributed by atoms with van der Waals surface area (Å²) in [5, 5.41) is 0. The number of ketones is 1. The molecule has 0 N–H and O–H groups in total. The Kier molecular flexibility index (Phi) is 2.32. The number of alkyl halides is 5. The van der Waals surface area contributed by atoms with Crippen LogP contribution in [0.25, 0.3) is 0 Å². The van der Waals surface area contributed by atoms with Gasteiger partial charge < -0.3 is 0 Å². The average Bonchev–Trinajstić information content (AvgIpc) is 1.83. The molecule has 0 atom stereocenters. The molecule has 0 aromatic heterocycles. The quantitative estimate of drug-likeness (QED) is 0.356. The first-order chi connectivity index (χ1) is 4.73. The predicted molar refractivity (Wildman–Crippen MR) is 22.1 cm³/mol. The van der Waals surface area contributed by atoms with Gasteiger partial charge in [0.25, 0.3) is 5.78 Å². The number of Topliss-reactive ketones (excluding diaryl/α,β-unsaturated/α-hetero) is 1. The van der Waals surface area contributed by atoms with Gasteiger partial charge in [0.1, 0.15) is 0 Å². The second kappa shape index (κ2) is 2.55. The Labute approximate surface area is 57.0 Å². The first-order valence-electron chi connectivity index (χ1n) is 2.17. The highest BCUT2D eigenvalue weighted by molar-refractivity contribution is 6.28. The van der Waals surface area contributed by atoms with Crippen LogP contribution < -0.4 is 0 Å². The molecule has 0 fully saturated rings. The topological polar surface area (TPSA) is 34.1 Å². The van der Waals surface area contributed by atoms with E-state index in [1.165, 1.54) is 0 Å². The van der Waals surface area contributed by atoms with Gasteiger partial charge in [-0.25, -0.2) is 0 Å². The van der Waals surface area contributed by atoms with Crippen LogP contribution in [0.3, 0.4) is 0 Å². The van der Waals surface area contributed by atoms with Crippen molar-refractivity contribution in [2.45, 2.75) is 12.1 Å². The first-order valence-corrected chi connectivity index (χ1v) is 2.17. The highest BCUT2D eigenvalue weighted by atomic mass is 19.4. The number of aldehydes is 1. The Balaban J connectivity index is 4.73. The van der Waals surface area contributed by atoms with Crippen molar-refractivity contribution >= 4 is 12.1 Å². The molecule has 0 aliphatic rings. The van der Waals surface area contributed by atoms with E-state index < -0.39 is 24.2 Å². The van der Waals surface area contributed by atoms with E-state index in [-0.39, 0.29) is 0 Å². The predicted octanol–water partition coefficient (Wildman–Crippen LogP) is 0.952. The summed E-state index contributed by atoms with van der Waals surface area (Å²) in [6.07, 6.45) is -7.06. The minimum Gasteiger partial charge on any atom is -0.294 e. The zero-order valence-electron chi connectivity index (χ0n) is 4.78. The minimum absolute atomic E-state index is 1.06. The van der Waals surface area contributed by atoms with E-state index in [0.29, 0.717) is 0 Å². The molecule has 64 valence electrons. The highest BCUT2D eigenvalue weighted by Gasteiger charge is 2.62. The SMILES string of the molecule is O=CC(=O)C(F)(F)C(F)(F)F. The number of halogens is 5. The molecule has 11 heavy (non-hydrogen) atoms. The molecule has 0 heterocycles. The smallest absolute Gasteiger partial charge is 0.294 e. The van der Waals surface area contributed by atoms with Crippen LogP contribution in [-0.4, -0.2) is 24.2 Å². The fourth-order valence-corrected chi connectivity index (χ4v) is 0.214. The number of carbonyl (C=O) groups excluding carboxylic acids is 2. The lowest BCUT2D eigenvalue weighted by atomic mass is 10.2. The third kappa shape index (κ3) is 1.72. The largest absolute Gasteiger partial charge is 0.461 e. The Bertz CT molecular complexity index is 181. The van der Waals surface area contributed by atoms with Crippen LogP contribution in [0.1, 0.15) is 0 Å². The van der Waals surface area contributed by atoms with E-state index in [1.807, 2.05) is 0 Å². The van der Waals surface area contributed by atoms with Crippen LogP contribution in [0.4, 0.5) is 22.0 Å². The normalized spacial score (nSPS) is 12.8. The molecule has 0 saturated carbocycles. The van der Waals surface area contributed by atoms with Gasteiger partial charge in [-0.2, -0.15) is 22.0 Å². The molecule has 0 aromatic carbocycles. The molecule has 7 heteroatoms. The van der Waals surface area contributed by atoms with Crippen LogP contribution in [0.5, 0.6) is 0 Å². The van der Waals surface area contributed by atoms with Crippen LogP contribution in [0.2, 0.25) is 0 Å². The Morgan fingerprint density at radius 3 is 1.55 bits per heavy atom. The summed E-state index contributed by atoms with van der Waals surface area (Å²) >= 11 is 0. The van der Waals surface area contributed by atoms with Gasteiger partial charge >= 0.3 is 12.1 Å². The van der Waals surface area contributed by atoms with Crippen LogP contribution in [0.15, 0.2) is 0 Å². The van der Waals surface area contributed by atoms with E-state index >= 15 is 0 Å². The zero-order valence-corrected chi connectivity index (χ0v) is 4.78. The summed E-state index contributed by atoms with van der Waals surface area (Å²) in [5.41, 5.74) is 0. The van der Waals surface area contributed by atoms with E-state index in [1.54, 1.807) is 0 Å². The van der Waals surface area contributed by atoms with Gasteiger partial charge in [-0.1, -0.05) is 0 Å². The Morgan fingerprint density at radius 1 is 1.09 bits per heavy atom. The molecule has 0 bridgehead atoms. The fraction of sp³-hybridized carbons (Fsp3) is 0.500. The summed E-state index contributed by atoms with van der Waals surface area (Å²) in [5.74, 6) is -8.35. The molecule has 2 nitrogen and oxygen atoms in total. The number of rotatable bonds is 2. The van der Waals surface area contributed by atoms with Crippen LogP contribution >= 0.6 is 0 Å². The molecular weight excluding hydrogens is 175 g/mol. The molecule has 0 amide bonds. The van der Waals surface area contributed by atoms with E-state index in [2.05, 4.69) is 0 Å². The molecule has 0 aromatic rings. The van der Waals surface area contributed by atoms with Crippen molar-refractivity contribution < 1.29 is 31.5 Å². The number of hydrogen-bond acceptors (Lipinski definition) is 2. The molecular formula is C4HF5O2. The summed E-state index contributed by atoms with van der Waals surface area (Å²) in [6, 6.07) is 0. The first kappa shape index (κ1) is 9.99. The van der Waals surface area contributed by atoms with Crippen molar-refractivity contribution in [1.29, 1.82) is 0 Å². The molecule has 0 unspecified atom stereocenters. The lowest BCUT2D eigenvalue weighted by Gasteiger charge is -2.14. The van der Waals surface area contributed by atoms with Gasteiger partial charge in [0, 0.05) is 0 Å². The van der Waals surface area contributed by atoms with Crippen molar-refractivity contribution in [3.8, 4) is 0 Å². The van der Waals surface area contributed by atoms with Gasteiger partial charge in [0.15, 0.2) is 6.29 Å². The third-order valence-corrected chi connectivity index (χ3v) is 0.773. The second-order valence-electron chi connectivity index (χ2n) is 1.55. The second-order valence-corrected chi connectivity index (χ2v) is 1.55. The monoisotopic (exact) mass is 176 g/mol. The molecule has 0 rings (SSSR count). The van der Waals surface area contributed by atoms with Gasteiger partial charge in [0.05, 0.1) is 0 Å². The Hall–Kier alpha value is -1.01. The van der Waals surface area contributed by atoms with E-state index in [4.69, 9.17) is 0 Å². The summed E-state index contributed by atoms with van der Waals surface area (Å²) in [4.78, 5) is 18.9. The van der Waals surface area contributed by atoms with Crippen LogP contribution in [-0.2, 0) is 9.59 Å². The summed E-state index contributed by atoms with van der Waals surface area (Å²) < 4.78 is 56.7. The molecule has 0 radical (unpaired) electrons.